The Morgan fingerprint density at radius 2 is 2.29 bits per heavy atom. The second kappa shape index (κ2) is 6.75. The van der Waals surface area contributed by atoms with Crippen LogP contribution in [0.1, 0.15) is 6.92 Å². The second-order valence-electron chi connectivity index (χ2n) is 0.683. The van der Waals surface area contributed by atoms with Gasteiger partial charge in [0.1, 0.15) is 8.25 Å². The topological polar surface area (TPSA) is 49.4 Å². The van der Waals surface area contributed by atoms with Crippen LogP contribution in [0.2, 0.25) is 0 Å². The van der Waals surface area contributed by atoms with E-state index in [4.69, 9.17) is 0 Å². The van der Waals surface area contributed by atoms with Crippen molar-refractivity contribution in [2.75, 3.05) is 6.61 Å². The molecular formula is C2H6LiO3P. The van der Waals surface area contributed by atoms with E-state index in [9.17, 15) is 9.46 Å². The predicted molar refractivity (Wildman–Crippen MR) is 20.6 cm³/mol. The molecule has 38 valence electrons. The average Bonchev–Trinajstić information content (AvgIpc) is 1.35. The van der Waals surface area contributed by atoms with E-state index in [0.717, 1.165) is 0 Å². The fourth-order valence-corrected chi connectivity index (χ4v) is 0.354. The molecule has 1 atom stereocenters. The van der Waals surface area contributed by atoms with Gasteiger partial charge >= 0.3 is 18.9 Å². The van der Waals surface area contributed by atoms with E-state index in [1.807, 2.05) is 0 Å². The molecule has 0 aliphatic heterocycles. The summed E-state index contributed by atoms with van der Waals surface area (Å²) in [5, 5.41) is 0. The van der Waals surface area contributed by atoms with Crippen LogP contribution in [0.3, 0.4) is 0 Å². The average molecular weight is 116 g/mol. The second-order valence-corrected chi connectivity index (χ2v) is 1.47. The van der Waals surface area contributed by atoms with Gasteiger partial charge < -0.3 is 14.0 Å². The first-order valence-electron chi connectivity index (χ1n) is 1.61. The molecule has 0 heterocycles. The van der Waals surface area contributed by atoms with Crippen molar-refractivity contribution in [3.63, 3.8) is 0 Å². The summed E-state index contributed by atoms with van der Waals surface area (Å²) in [4.78, 5) is 9.45. The molecule has 0 N–H and O–H groups in total. The molecule has 0 radical (unpaired) electrons. The summed E-state index contributed by atoms with van der Waals surface area (Å²) < 4.78 is 13.5. The molecule has 7 heavy (non-hydrogen) atoms. The van der Waals surface area contributed by atoms with E-state index in [-0.39, 0.29) is 25.5 Å². The Morgan fingerprint density at radius 3 is 2.29 bits per heavy atom. The molecule has 0 saturated carbocycles. The third kappa shape index (κ3) is 10.8. The molecule has 5 heteroatoms. The van der Waals surface area contributed by atoms with E-state index >= 15 is 0 Å². The van der Waals surface area contributed by atoms with Crippen LogP contribution >= 0.6 is 8.25 Å². The van der Waals surface area contributed by atoms with Gasteiger partial charge in [0.05, 0.1) is 0 Å². The van der Waals surface area contributed by atoms with E-state index in [1.165, 1.54) is 0 Å². The molecule has 0 aromatic carbocycles. The van der Waals surface area contributed by atoms with Crippen LogP contribution in [0, 0.1) is 0 Å². The Kier molecular flexibility index (Phi) is 10.3. The molecule has 0 aliphatic carbocycles. The smallest absolute Gasteiger partial charge is 0.781 e. The maximum absolute atomic E-state index is 9.45. The Morgan fingerprint density at radius 1 is 1.86 bits per heavy atom. The van der Waals surface area contributed by atoms with Gasteiger partial charge in [0, 0.05) is 6.61 Å². The Hall–Kier alpha value is 0.747. The minimum atomic E-state index is -2.89. The minimum Gasteiger partial charge on any atom is -0.781 e. The molecule has 0 aromatic rings. The Labute approximate surface area is 55.2 Å². The molecule has 0 aromatic heterocycles. The monoisotopic (exact) mass is 116 g/mol. The van der Waals surface area contributed by atoms with Gasteiger partial charge in [-0.1, -0.05) is 0 Å². The summed E-state index contributed by atoms with van der Waals surface area (Å²) in [5.74, 6) is 0. The zero-order valence-electron chi connectivity index (χ0n) is 4.43. The van der Waals surface area contributed by atoms with Crippen molar-refractivity contribution < 1.29 is 32.8 Å². The van der Waals surface area contributed by atoms with E-state index in [2.05, 4.69) is 4.52 Å². The maximum Gasteiger partial charge on any atom is 1.00 e. The quantitative estimate of drug-likeness (QED) is 0.281. The molecule has 3 nitrogen and oxygen atoms in total. The van der Waals surface area contributed by atoms with Crippen LogP contribution in [-0.2, 0) is 9.09 Å². The SMILES string of the molecule is CCO[PH](=O)[O-].[Li+]. The number of hydrogen-bond donors (Lipinski definition) is 0. The first-order chi connectivity index (χ1) is 2.77. The van der Waals surface area contributed by atoms with E-state index in [1.54, 1.807) is 6.92 Å². The zero-order chi connectivity index (χ0) is 4.99. The molecular weight excluding hydrogens is 110 g/mol. The van der Waals surface area contributed by atoms with Crippen molar-refractivity contribution in [1.29, 1.82) is 0 Å². The molecule has 0 bridgehead atoms. The summed E-state index contributed by atoms with van der Waals surface area (Å²) in [6, 6.07) is 0. The van der Waals surface area contributed by atoms with Crippen molar-refractivity contribution in [3.8, 4) is 0 Å². The molecule has 1 unspecified atom stereocenters. The summed E-state index contributed by atoms with van der Waals surface area (Å²) >= 11 is 0. The largest absolute Gasteiger partial charge is 1.00 e. The van der Waals surface area contributed by atoms with Crippen molar-refractivity contribution in [2.45, 2.75) is 6.92 Å². The summed E-state index contributed by atoms with van der Waals surface area (Å²) in [6.07, 6.45) is 0. The van der Waals surface area contributed by atoms with Gasteiger partial charge in [0.15, 0.2) is 0 Å². The van der Waals surface area contributed by atoms with Crippen LogP contribution in [-0.4, -0.2) is 6.61 Å². The Bertz CT molecular complexity index is 56.9. The van der Waals surface area contributed by atoms with Crippen LogP contribution in [0.5, 0.6) is 0 Å². The molecule has 0 aliphatic rings. The fourth-order valence-electron chi connectivity index (χ4n) is 0.118. The van der Waals surface area contributed by atoms with Crippen molar-refractivity contribution >= 4 is 8.25 Å². The number of hydrogen-bond acceptors (Lipinski definition) is 3. The minimum absolute atomic E-state index is 0. The van der Waals surface area contributed by atoms with E-state index in [0.29, 0.717) is 0 Å². The molecule has 0 amide bonds. The van der Waals surface area contributed by atoms with Crippen molar-refractivity contribution in [3.05, 3.63) is 0 Å². The van der Waals surface area contributed by atoms with Gasteiger partial charge in [-0.25, -0.2) is 0 Å². The first-order valence-corrected chi connectivity index (χ1v) is 2.83. The summed E-state index contributed by atoms with van der Waals surface area (Å²) in [7, 11) is -2.89. The zero-order valence-corrected chi connectivity index (χ0v) is 5.43. The summed E-state index contributed by atoms with van der Waals surface area (Å²) in [5.41, 5.74) is 0. The van der Waals surface area contributed by atoms with Gasteiger partial charge in [0.25, 0.3) is 0 Å². The first kappa shape index (κ1) is 10.7. The molecule has 0 saturated heterocycles. The van der Waals surface area contributed by atoms with Crippen LogP contribution in [0.15, 0.2) is 0 Å². The van der Waals surface area contributed by atoms with Crippen LogP contribution in [0.4, 0.5) is 0 Å². The van der Waals surface area contributed by atoms with Gasteiger partial charge in [-0.3, -0.25) is 0 Å². The van der Waals surface area contributed by atoms with Gasteiger partial charge in [-0.05, 0) is 6.92 Å². The van der Waals surface area contributed by atoms with Crippen LogP contribution in [0.25, 0.3) is 0 Å². The molecule has 0 spiro atoms. The van der Waals surface area contributed by atoms with Crippen molar-refractivity contribution in [1.82, 2.24) is 0 Å². The summed E-state index contributed by atoms with van der Waals surface area (Å²) in [6.45, 7) is 1.88. The van der Waals surface area contributed by atoms with Crippen molar-refractivity contribution in [2.24, 2.45) is 0 Å². The third-order valence-electron chi connectivity index (χ3n) is 0.262. The molecule has 0 rings (SSSR count). The number of rotatable bonds is 2. The Balaban J connectivity index is 0. The predicted octanol–water partition coefficient (Wildman–Crippen LogP) is -3.22. The van der Waals surface area contributed by atoms with Crippen LogP contribution < -0.4 is 23.8 Å². The van der Waals surface area contributed by atoms with Gasteiger partial charge in [0.2, 0.25) is 0 Å². The van der Waals surface area contributed by atoms with Gasteiger partial charge in [-0.15, -0.1) is 0 Å². The molecule has 0 fully saturated rings. The third-order valence-corrected chi connectivity index (χ3v) is 0.787. The van der Waals surface area contributed by atoms with E-state index < -0.39 is 8.25 Å². The normalized spacial score (nSPS) is 12.3. The van der Waals surface area contributed by atoms with Gasteiger partial charge in [-0.2, -0.15) is 0 Å². The fraction of sp³-hybridized carbons (Fsp3) is 1.00. The standard InChI is InChI=1S/C2H7O3P.Li/c1-2-5-6(3)4;/h6H,2H2,1H3,(H,3,4);/q;+1/p-1. The maximum atomic E-state index is 9.45.